The van der Waals surface area contributed by atoms with Crippen LogP contribution in [0.1, 0.15) is 49.2 Å². The molecule has 1 saturated heterocycles. The summed E-state index contributed by atoms with van der Waals surface area (Å²) in [5.41, 5.74) is 1.65. The van der Waals surface area contributed by atoms with Crippen LogP contribution in [0, 0.1) is 6.92 Å². The molecule has 28 heavy (non-hydrogen) atoms. The zero-order valence-electron chi connectivity index (χ0n) is 16.6. The van der Waals surface area contributed by atoms with E-state index in [4.69, 9.17) is 4.74 Å². The van der Waals surface area contributed by atoms with Crippen molar-refractivity contribution in [1.82, 2.24) is 4.90 Å². The lowest BCUT2D eigenvalue weighted by molar-refractivity contribution is -0.139. The molecule has 2 aromatic rings. The van der Waals surface area contributed by atoms with Crippen molar-refractivity contribution in [2.45, 2.75) is 46.3 Å². The Kier molecular flexibility index (Phi) is 5.89. The molecule has 0 bridgehead atoms. The van der Waals surface area contributed by atoms with Gasteiger partial charge < -0.3 is 14.7 Å². The van der Waals surface area contributed by atoms with Crippen LogP contribution in [-0.4, -0.2) is 34.3 Å². The Morgan fingerprint density at radius 1 is 1.21 bits per heavy atom. The lowest BCUT2D eigenvalue weighted by atomic mass is 9.98. The second-order valence-corrected chi connectivity index (χ2v) is 8.10. The number of ether oxygens (including phenoxy) is 1. The lowest BCUT2D eigenvalue weighted by Crippen LogP contribution is -2.30. The van der Waals surface area contributed by atoms with Crippen molar-refractivity contribution in [1.29, 1.82) is 0 Å². The molecule has 1 aliphatic rings. The summed E-state index contributed by atoms with van der Waals surface area (Å²) in [4.78, 5) is 27.9. The van der Waals surface area contributed by atoms with E-state index in [0.717, 1.165) is 16.9 Å². The van der Waals surface area contributed by atoms with Crippen LogP contribution in [0.25, 0.3) is 5.76 Å². The van der Waals surface area contributed by atoms with Crippen LogP contribution >= 0.6 is 11.3 Å². The second kappa shape index (κ2) is 8.19. The van der Waals surface area contributed by atoms with Gasteiger partial charge in [0, 0.05) is 17.0 Å². The highest BCUT2D eigenvalue weighted by Gasteiger charge is 2.46. The SMILES string of the molecule is CCCN1C(=O)C(=O)/C(=C(\O)c2ccc(OC(C)C)cc2)C1c1sccc1C. The normalized spacial score (nSPS) is 18.9. The quantitative estimate of drug-likeness (QED) is 0.435. The second-order valence-electron chi connectivity index (χ2n) is 7.15. The topological polar surface area (TPSA) is 66.8 Å². The molecule has 3 rings (SSSR count). The largest absolute Gasteiger partial charge is 0.507 e. The molecule has 1 N–H and O–H groups in total. The fourth-order valence-electron chi connectivity index (χ4n) is 3.41. The Hall–Kier alpha value is -2.60. The number of nitrogens with zero attached hydrogens (tertiary/aromatic N) is 1. The molecule has 2 heterocycles. The van der Waals surface area contributed by atoms with E-state index in [1.807, 2.05) is 39.1 Å². The summed E-state index contributed by atoms with van der Waals surface area (Å²) in [5, 5.41) is 12.9. The number of benzene rings is 1. The first-order valence-corrected chi connectivity index (χ1v) is 10.3. The summed E-state index contributed by atoms with van der Waals surface area (Å²) in [6.07, 6.45) is 0.774. The van der Waals surface area contributed by atoms with Gasteiger partial charge in [-0.2, -0.15) is 0 Å². The molecule has 1 aromatic carbocycles. The molecule has 0 radical (unpaired) electrons. The summed E-state index contributed by atoms with van der Waals surface area (Å²) < 4.78 is 5.63. The predicted octanol–water partition coefficient (Wildman–Crippen LogP) is 4.68. The number of Topliss-reactive ketones (excluding diaryl/α,β-unsaturated/α-hetero) is 1. The molecule has 0 aliphatic carbocycles. The van der Waals surface area contributed by atoms with Gasteiger partial charge in [-0.15, -0.1) is 11.3 Å². The molecule has 6 heteroatoms. The molecule has 1 amide bonds. The average molecular weight is 400 g/mol. The summed E-state index contributed by atoms with van der Waals surface area (Å²) in [6.45, 7) is 8.25. The number of hydrogen-bond donors (Lipinski definition) is 1. The Balaban J connectivity index is 2.08. The molecule has 0 saturated carbocycles. The third-order valence-electron chi connectivity index (χ3n) is 4.65. The van der Waals surface area contributed by atoms with Crippen LogP contribution in [0.4, 0.5) is 0 Å². The third-order valence-corrected chi connectivity index (χ3v) is 5.73. The number of aliphatic hydroxyl groups excluding tert-OH is 1. The number of ketones is 1. The average Bonchev–Trinajstić information content (AvgIpc) is 3.17. The van der Waals surface area contributed by atoms with Crippen molar-refractivity contribution in [2.75, 3.05) is 6.54 Å². The number of rotatable bonds is 6. The van der Waals surface area contributed by atoms with Crippen molar-refractivity contribution in [3.05, 3.63) is 57.3 Å². The molecule has 0 spiro atoms. The molecule has 1 aromatic heterocycles. The van der Waals surface area contributed by atoms with Crippen LogP contribution in [0.15, 0.2) is 41.3 Å². The van der Waals surface area contributed by atoms with Crippen LogP contribution in [0.5, 0.6) is 5.75 Å². The van der Waals surface area contributed by atoms with Gasteiger partial charge in [0.05, 0.1) is 17.7 Å². The molecule has 5 nitrogen and oxygen atoms in total. The van der Waals surface area contributed by atoms with E-state index in [9.17, 15) is 14.7 Å². The van der Waals surface area contributed by atoms with Crippen molar-refractivity contribution in [2.24, 2.45) is 0 Å². The Labute approximate surface area is 169 Å². The van der Waals surface area contributed by atoms with E-state index < -0.39 is 17.7 Å². The predicted molar refractivity (Wildman–Crippen MR) is 111 cm³/mol. The van der Waals surface area contributed by atoms with Crippen molar-refractivity contribution >= 4 is 28.8 Å². The van der Waals surface area contributed by atoms with Gasteiger partial charge in [0.2, 0.25) is 0 Å². The van der Waals surface area contributed by atoms with Gasteiger partial charge in [0.15, 0.2) is 0 Å². The zero-order chi connectivity index (χ0) is 20.4. The van der Waals surface area contributed by atoms with Gasteiger partial charge >= 0.3 is 0 Å². The molecule has 148 valence electrons. The smallest absolute Gasteiger partial charge is 0.295 e. The summed E-state index contributed by atoms with van der Waals surface area (Å²) in [6, 6.07) is 8.33. The van der Waals surface area contributed by atoms with Crippen molar-refractivity contribution < 1.29 is 19.4 Å². The minimum absolute atomic E-state index is 0.0422. The van der Waals surface area contributed by atoms with E-state index in [1.54, 1.807) is 29.2 Å². The lowest BCUT2D eigenvalue weighted by Gasteiger charge is -2.24. The number of thiophene rings is 1. The van der Waals surface area contributed by atoms with Gasteiger partial charge in [-0.05, 0) is 68.5 Å². The fourth-order valence-corrected chi connectivity index (χ4v) is 4.45. The highest BCUT2D eigenvalue weighted by atomic mass is 32.1. The Bertz CT molecular complexity index is 911. The van der Waals surface area contributed by atoms with E-state index in [0.29, 0.717) is 17.9 Å². The molecule has 1 atom stereocenters. The number of likely N-dealkylation sites (tertiary alicyclic amines) is 1. The molecular formula is C22H25NO4S. The minimum atomic E-state index is -0.633. The maximum atomic E-state index is 12.8. The number of aliphatic hydroxyl groups is 1. The summed E-state index contributed by atoms with van der Waals surface area (Å²) in [5.74, 6) is -0.651. The van der Waals surface area contributed by atoms with Gasteiger partial charge in [-0.1, -0.05) is 6.92 Å². The first-order chi connectivity index (χ1) is 13.3. The van der Waals surface area contributed by atoms with Gasteiger partial charge in [-0.25, -0.2) is 0 Å². The summed E-state index contributed by atoms with van der Waals surface area (Å²) in [7, 11) is 0. The first kappa shape index (κ1) is 20.1. The molecule has 1 aliphatic heterocycles. The highest BCUT2D eigenvalue weighted by molar-refractivity contribution is 7.10. The van der Waals surface area contributed by atoms with Gasteiger partial charge in [-0.3, -0.25) is 9.59 Å². The Morgan fingerprint density at radius 3 is 2.43 bits per heavy atom. The van der Waals surface area contributed by atoms with E-state index in [2.05, 4.69) is 0 Å². The van der Waals surface area contributed by atoms with Crippen LogP contribution < -0.4 is 4.74 Å². The maximum absolute atomic E-state index is 12.8. The molecule has 1 fully saturated rings. The van der Waals surface area contributed by atoms with Crippen LogP contribution in [0.3, 0.4) is 0 Å². The first-order valence-electron chi connectivity index (χ1n) is 9.44. The van der Waals surface area contributed by atoms with Crippen molar-refractivity contribution in [3.63, 3.8) is 0 Å². The summed E-state index contributed by atoms with van der Waals surface area (Å²) >= 11 is 1.49. The monoisotopic (exact) mass is 399 g/mol. The third kappa shape index (κ3) is 3.69. The zero-order valence-corrected chi connectivity index (χ0v) is 17.4. The van der Waals surface area contributed by atoms with E-state index in [1.165, 1.54) is 11.3 Å². The van der Waals surface area contributed by atoms with Crippen molar-refractivity contribution in [3.8, 4) is 5.75 Å². The van der Waals surface area contributed by atoms with Crippen LogP contribution in [0.2, 0.25) is 0 Å². The maximum Gasteiger partial charge on any atom is 0.295 e. The van der Waals surface area contributed by atoms with Gasteiger partial charge in [0.25, 0.3) is 11.7 Å². The minimum Gasteiger partial charge on any atom is -0.507 e. The fraction of sp³-hybridized carbons (Fsp3) is 0.364. The standard InChI is InChI=1S/C22H25NO4S/c1-5-11-23-18(21-14(4)10-12-28-21)17(20(25)22(23)26)19(24)15-6-8-16(9-7-15)27-13(2)3/h6-10,12-13,18,24H,5,11H2,1-4H3/b19-17-. The van der Waals surface area contributed by atoms with E-state index in [-0.39, 0.29) is 17.4 Å². The van der Waals surface area contributed by atoms with Crippen LogP contribution in [-0.2, 0) is 9.59 Å². The molecule has 1 unspecified atom stereocenters. The Morgan fingerprint density at radius 2 is 1.89 bits per heavy atom. The number of hydrogen-bond acceptors (Lipinski definition) is 5. The number of carbonyl (C=O) groups is 2. The number of aryl methyl sites for hydroxylation is 1. The number of amides is 1. The molecular weight excluding hydrogens is 374 g/mol. The van der Waals surface area contributed by atoms with Gasteiger partial charge in [0.1, 0.15) is 11.5 Å². The van der Waals surface area contributed by atoms with E-state index >= 15 is 0 Å². The number of carbonyl (C=O) groups excluding carboxylic acids is 2. The highest BCUT2D eigenvalue weighted by Crippen LogP contribution is 2.42.